The summed E-state index contributed by atoms with van der Waals surface area (Å²) in [5.41, 5.74) is 1.38. The Morgan fingerprint density at radius 3 is 2.67 bits per heavy atom. The number of benzene rings is 1. The monoisotopic (exact) mass is 250 g/mol. The Morgan fingerprint density at radius 2 is 2.22 bits per heavy atom. The molecule has 1 atom stereocenters. The lowest BCUT2D eigenvalue weighted by molar-refractivity contribution is 1.40. The molecule has 1 rings (SSSR count). The van der Waals surface area contributed by atoms with E-state index in [0.717, 1.165) is 6.16 Å². The Kier molecular flexibility index (Phi) is 2.93. The van der Waals surface area contributed by atoms with Crippen LogP contribution in [0.15, 0.2) is 24.3 Å². The maximum atomic E-state index is 2.71. The van der Waals surface area contributed by atoms with Gasteiger partial charge in [-0.05, 0) is 46.4 Å². The molecule has 0 spiro atoms. The fourth-order valence-corrected chi connectivity index (χ4v) is 1.53. The van der Waals surface area contributed by atoms with Crippen LogP contribution in [0, 0.1) is 3.57 Å². The van der Waals surface area contributed by atoms with Gasteiger partial charge in [0.1, 0.15) is 0 Å². The predicted molar refractivity (Wildman–Crippen MR) is 52.6 cm³/mol. The molecule has 0 amide bonds. The summed E-state index contributed by atoms with van der Waals surface area (Å²) in [6.45, 7) is 0. The summed E-state index contributed by atoms with van der Waals surface area (Å²) >= 11 is 2.32. The third kappa shape index (κ3) is 2.23. The topological polar surface area (TPSA) is 0 Å². The molecule has 0 nitrogen and oxygen atoms in total. The van der Waals surface area contributed by atoms with Gasteiger partial charge in [-0.15, -0.1) is 9.24 Å². The van der Waals surface area contributed by atoms with Gasteiger partial charge >= 0.3 is 0 Å². The van der Waals surface area contributed by atoms with Gasteiger partial charge in [-0.2, -0.15) is 0 Å². The van der Waals surface area contributed by atoms with Crippen molar-refractivity contribution in [2.45, 2.75) is 6.16 Å². The molecule has 0 aliphatic rings. The number of halogens is 1. The molecule has 0 aliphatic heterocycles. The first kappa shape index (κ1) is 7.49. The normalized spacial score (nSPS) is 9.56. The van der Waals surface area contributed by atoms with E-state index < -0.39 is 0 Å². The van der Waals surface area contributed by atoms with Crippen molar-refractivity contribution in [1.82, 2.24) is 0 Å². The van der Waals surface area contributed by atoms with Gasteiger partial charge in [-0.25, -0.2) is 0 Å². The summed E-state index contributed by atoms with van der Waals surface area (Å²) in [5.74, 6) is 0. The summed E-state index contributed by atoms with van der Waals surface area (Å²) < 4.78 is 1.31. The van der Waals surface area contributed by atoms with Crippen LogP contribution >= 0.6 is 31.8 Å². The molecule has 0 heterocycles. The van der Waals surface area contributed by atoms with Crippen LogP contribution in [0.25, 0.3) is 0 Å². The SMILES string of the molecule is PCc1cccc(I)c1. The highest BCUT2D eigenvalue weighted by Crippen LogP contribution is 2.09. The zero-order chi connectivity index (χ0) is 6.69. The fraction of sp³-hybridized carbons (Fsp3) is 0.143. The van der Waals surface area contributed by atoms with Crippen molar-refractivity contribution in [2.75, 3.05) is 0 Å². The van der Waals surface area contributed by atoms with E-state index in [2.05, 4.69) is 56.1 Å². The molecule has 0 bridgehead atoms. The van der Waals surface area contributed by atoms with E-state index in [0.29, 0.717) is 0 Å². The minimum atomic E-state index is 1.05. The smallest absolute Gasteiger partial charge is 0.0133 e. The van der Waals surface area contributed by atoms with Gasteiger partial charge in [0.2, 0.25) is 0 Å². The fourth-order valence-electron chi connectivity index (χ4n) is 0.664. The van der Waals surface area contributed by atoms with Crippen molar-refractivity contribution in [3.63, 3.8) is 0 Å². The number of hydrogen-bond acceptors (Lipinski definition) is 0. The molecule has 0 aliphatic carbocycles. The van der Waals surface area contributed by atoms with Crippen molar-refractivity contribution >= 4 is 31.8 Å². The summed E-state index contributed by atoms with van der Waals surface area (Å²) in [7, 11) is 2.71. The molecule has 0 saturated heterocycles. The quantitative estimate of drug-likeness (QED) is 0.531. The van der Waals surface area contributed by atoms with Crippen LogP contribution in [0.1, 0.15) is 5.56 Å². The second-order valence-electron chi connectivity index (χ2n) is 1.83. The van der Waals surface area contributed by atoms with Crippen LogP contribution in [0.3, 0.4) is 0 Å². The van der Waals surface area contributed by atoms with E-state index in [-0.39, 0.29) is 0 Å². The third-order valence-electron chi connectivity index (χ3n) is 1.12. The van der Waals surface area contributed by atoms with Gasteiger partial charge in [-0.3, -0.25) is 0 Å². The largest absolute Gasteiger partial charge is 0.133 e. The second kappa shape index (κ2) is 3.52. The molecule has 1 aromatic rings. The van der Waals surface area contributed by atoms with Gasteiger partial charge in [0.15, 0.2) is 0 Å². The molecule has 2 heteroatoms. The van der Waals surface area contributed by atoms with Crippen molar-refractivity contribution in [3.05, 3.63) is 33.4 Å². The first-order valence-corrected chi connectivity index (χ1v) is 4.67. The van der Waals surface area contributed by atoms with Crippen molar-refractivity contribution in [3.8, 4) is 0 Å². The molecule has 0 N–H and O–H groups in total. The summed E-state index contributed by atoms with van der Waals surface area (Å²) in [6.07, 6.45) is 1.05. The van der Waals surface area contributed by atoms with Gasteiger partial charge in [0.25, 0.3) is 0 Å². The van der Waals surface area contributed by atoms with Crippen LogP contribution in [0.4, 0.5) is 0 Å². The Bertz CT molecular complexity index is 198. The molecule has 0 saturated carbocycles. The first-order chi connectivity index (χ1) is 4.33. The van der Waals surface area contributed by atoms with E-state index >= 15 is 0 Å². The lowest BCUT2D eigenvalue weighted by Crippen LogP contribution is -1.76. The van der Waals surface area contributed by atoms with Crippen LogP contribution in [0.2, 0.25) is 0 Å². The molecule has 1 unspecified atom stereocenters. The Morgan fingerprint density at radius 1 is 1.44 bits per heavy atom. The molecule has 0 aromatic heterocycles. The van der Waals surface area contributed by atoms with Gasteiger partial charge < -0.3 is 0 Å². The molecule has 48 valence electrons. The lowest BCUT2D eigenvalue weighted by atomic mass is 10.2. The molecular weight excluding hydrogens is 242 g/mol. The van der Waals surface area contributed by atoms with E-state index in [1.54, 1.807) is 0 Å². The van der Waals surface area contributed by atoms with Crippen LogP contribution in [0.5, 0.6) is 0 Å². The lowest BCUT2D eigenvalue weighted by Gasteiger charge is -1.94. The van der Waals surface area contributed by atoms with Crippen LogP contribution in [-0.2, 0) is 6.16 Å². The van der Waals surface area contributed by atoms with Crippen molar-refractivity contribution < 1.29 is 0 Å². The van der Waals surface area contributed by atoms with Crippen molar-refractivity contribution in [1.29, 1.82) is 0 Å². The number of rotatable bonds is 1. The second-order valence-corrected chi connectivity index (χ2v) is 3.49. The predicted octanol–water partition coefficient (Wildman–Crippen LogP) is 2.67. The van der Waals surface area contributed by atoms with Gasteiger partial charge in [-0.1, -0.05) is 12.1 Å². The minimum absolute atomic E-state index is 1.05. The van der Waals surface area contributed by atoms with Crippen LogP contribution < -0.4 is 0 Å². The van der Waals surface area contributed by atoms with Crippen LogP contribution in [-0.4, -0.2) is 0 Å². The van der Waals surface area contributed by atoms with Crippen molar-refractivity contribution in [2.24, 2.45) is 0 Å². The third-order valence-corrected chi connectivity index (χ3v) is 2.27. The highest BCUT2D eigenvalue weighted by atomic mass is 127. The van der Waals surface area contributed by atoms with E-state index in [1.807, 2.05) is 0 Å². The molecular formula is C7H8IP. The molecule has 1 aromatic carbocycles. The average molecular weight is 250 g/mol. The number of hydrogen-bond donors (Lipinski definition) is 0. The van der Waals surface area contributed by atoms with Gasteiger partial charge in [0, 0.05) is 3.57 Å². The summed E-state index contributed by atoms with van der Waals surface area (Å²) in [6, 6.07) is 8.51. The minimum Gasteiger partial charge on any atom is -0.133 e. The summed E-state index contributed by atoms with van der Waals surface area (Å²) in [5, 5.41) is 0. The highest BCUT2D eigenvalue weighted by Gasteiger charge is 1.87. The maximum absolute atomic E-state index is 2.71. The maximum Gasteiger partial charge on any atom is 0.0133 e. The highest BCUT2D eigenvalue weighted by molar-refractivity contribution is 14.1. The summed E-state index contributed by atoms with van der Waals surface area (Å²) in [4.78, 5) is 0. The molecule has 0 fully saturated rings. The molecule has 9 heavy (non-hydrogen) atoms. The Labute approximate surface area is 71.4 Å². The van der Waals surface area contributed by atoms with E-state index in [1.165, 1.54) is 9.13 Å². The average Bonchev–Trinajstić information content (AvgIpc) is 1.88. The zero-order valence-electron chi connectivity index (χ0n) is 4.97. The standard InChI is InChI=1S/C7H8IP/c8-7-3-1-2-6(4-7)5-9/h1-4H,5,9H2. The van der Waals surface area contributed by atoms with E-state index in [4.69, 9.17) is 0 Å². The molecule has 0 radical (unpaired) electrons. The van der Waals surface area contributed by atoms with Gasteiger partial charge in [0.05, 0.1) is 0 Å². The zero-order valence-corrected chi connectivity index (χ0v) is 8.28. The first-order valence-electron chi connectivity index (χ1n) is 2.77. The Hall–Kier alpha value is 0.380. The Balaban J connectivity index is 2.94. The van der Waals surface area contributed by atoms with E-state index in [9.17, 15) is 0 Å².